The van der Waals surface area contributed by atoms with E-state index in [0.717, 1.165) is 25.7 Å². The van der Waals surface area contributed by atoms with Gasteiger partial charge in [-0.2, -0.15) is 0 Å². The summed E-state index contributed by atoms with van der Waals surface area (Å²) in [6, 6.07) is 0. The van der Waals surface area contributed by atoms with Gasteiger partial charge in [0.05, 0.1) is 11.0 Å². The molecule has 0 atom stereocenters. The largest absolute Gasteiger partial charge is 0.325 e. The van der Waals surface area contributed by atoms with Crippen molar-refractivity contribution in [2.75, 3.05) is 5.75 Å². The van der Waals surface area contributed by atoms with Gasteiger partial charge >= 0.3 is 0 Å². The molecule has 0 radical (unpaired) electrons. The predicted octanol–water partition coefficient (Wildman–Crippen LogP) is 1.82. The van der Waals surface area contributed by atoms with Crippen molar-refractivity contribution in [3.05, 3.63) is 0 Å². The van der Waals surface area contributed by atoms with E-state index in [9.17, 15) is 13.2 Å². The molecule has 0 spiro atoms. The maximum Gasteiger partial charge on any atom is 0.153 e. The van der Waals surface area contributed by atoms with E-state index in [4.69, 9.17) is 5.73 Å². The van der Waals surface area contributed by atoms with Crippen LogP contribution in [0.15, 0.2) is 0 Å². The number of Topliss-reactive ketones (excluding diaryl/α,β-unsaturated/α-hetero) is 1. The van der Waals surface area contributed by atoms with Crippen LogP contribution in [0.4, 0.5) is 0 Å². The van der Waals surface area contributed by atoms with E-state index in [0.29, 0.717) is 6.42 Å². The lowest BCUT2D eigenvalue weighted by Crippen LogP contribution is -2.43. The fourth-order valence-corrected chi connectivity index (χ4v) is 3.39. The van der Waals surface area contributed by atoms with E-state index in [1.165, 1.54) is 6.42 Å². The third-order valence-electron chi connectivity index (χ3n) is 3.78. The number of hydrogen-bond donors (Lipinski definition) is 1. The Morgan fingerprint density at radius 3 is 2.28 bits per heavy atom. The molecule has 1 aliphatic carbocycles. The highest BCUT2D eigenvalue weighted by atomic mass is 32.2. The Bertz CT molecular complexity index is 381. The molecule has 0 aromatic heterocycles. The van der Waals surface area contributed by atoms with Crippen LogP contribution in [0.1, 0.15) is 58.8 Å². The lowest BCUT2D eigenvalue weighted by molar-refractivity contribution is -0.120. The van der Waals surface area contributed by atoms with Gasteiger partial charge in [0.15, 0.2) is 9.84 Å². The van der Waals surface area contributed by atoms with Crippen LogP contribution in [0.5, 0.6) is 0 Å². The van der Waals surface area contributed by atoms with E-state index in [2.05, 4.69) is 0 Å². The molecule has 4 nitrogen and oxygen atoms in total. The number of ketones is 1. The van der Waals surface area contributed by atoms with Crippen molar-refractivity contribution in [1.82, 2.24) is 0 Å². The molecule has 0 aromatic rings. The van der Waals surface area contributed by atoms with E-state index in [1.54, 1.807) is 13.8 Å². The van der Waals surface area contributed by atoms with Gasteiger partial charge < -0.3 is 5.73 Å². The van der Waals surface area contributed by atoms with Crippen LogP contribution in [-0.4, -0.2) is 30.7 Å². The van der Waals surface area contributed by atoms with Gasteiger partial charge in [0.25, 0.3) is 0 Å². The van der Waals surface area contributed by atoms with Crippen molar-refractivity contribution < 1.29 is 13.2 Å². The summed E-state index contributed by atoms with van der Waals surface area (Å²) >= 11 is 0. The fourth-order valence-electron chi connectivity index (χ4n) is 2.41. The number of sulfone groups is 1. The van der Waals surface area contributed by atoms with Crippen LogP contribution < -0.4 is 5.73 Å². The number of hydrogen-bond acceptors (Lipinski definition) is 4. The molecule has 2 N–H and O–H groups in total. The predicted molar refractivity (Wildman–Crippen MR) is 73.2 cm³/mol. The average Bonchev–Trinajstić information content (AvgIpc) is 2.26. The first-order valence-corrected chi connectivity index (χ1v) is 8.49. The molecule has 5 heteroatoms. The van der Waals surface area contributed by atoms with E-state index in [-0.39, 0.29) is 23.5 Å². The molecular formula is C13H25NO3S. The van der Waals surface area contributed by atoms with E-state index >= 15 is 0 Å². The molecule has 106 valence electrons. The summed E-state index contributed by atoms with van der Waals surface area (Å²) in [6.07, 6.45) is 5.56. The second-order valence-corrected chi connectivity index (χ2v) is 8.48. The van der Waals surface area contributed by atoms with Crippen molar-refractivity contribution in [1.29, 1.82) is 0 Å². The van der Waals surface area contributed by atoms with Gasteiger partial charge in [-0.1, -0.05) is 19.3 Å². The van der Waals surface area contributed by atoms with Gasteiger partial charge in [0.2, 0.25) is 0 Å². The first-order chi connectivity index (χ1) is 8.25. The first kappa shape index (κ1) is 15.6. The third kappa shape index (κ3) is 4.69. The Labute approximate surface area is 110 Å². The first-order valence-electron chi connectivity index (χ1n) is 6.77. The monoisotopic (exact) mass is 275 g/mol. The molecule has 0 unspecified atom stereocenters. The van der Waals surface area contributed by atoms with Gasteiger partial charge in [0.1, 0.15) is 5.78 Å². The summed E-state index contributed by atoms with van der Waals surface area (Å²) in [6.45, 7) is 3.29. The summed E-state index contributed by atoms with van der Waals surface area (Å²) in [5.74, 6) is -0.0526. The zero-order chi connectivity index (χ0) is 13.8. The number of rotatable bonds is 6. The van der Waals surface area contributed by atoms with Gasteiger partial charge in [0, 0.05) is 18.4 Å². The van der Waals surface area contributed by atoms with Crippen LogP contribution in [0.2, 0.25) is 0 Å². The fraction of sp³-hybridized carbons (Fsp3) is 0.923. The lowest BCUT2D eigenvalue weighted by atomic mass is 9.79. The van der Waals surface area contributed by atoms with Gasteiger partial charge in [-0.05, 0) is 26.7 Å². The number of carbonyl (C=O) groups excluding carboxylic acids is 1. The minimum atomic E-state index is -3.12. The van der Waals surface area contributed by atoms with Gasteiger partial charge in [-0.3, -0.25) is 4.79 Å². The molecule has 0 amide bonds. The zero-order valence-corrected chi connectivity index (χ0v) is 12.3. The molecule has 0 bridgehead atoms. The van der Waals surface area contributed by atoms with E-state index < -0.39 is 15.1 Å². The Morgan fingerprint density at radius 1 is 1.22 bits per heavy atom. The van der Waals surface area contributed by atoms with Crippen molar-refractivity contribution in [2.24, 2.45) is 5.73 Å². The highest BCUT2D eigenvalue weighted by Crippen LogP contribution is 2.29. The van der Waals surface area contributed by atoms with Gasteiger partial charge in [-0.25, -0.2) is 8.42 Å². The number of carbonyl (C=O) groups is 1. The molecule has 0 aromatic carbocycles. The maximum atomic E-state index is 11.8. The Hall–Kier alpha value is -0.420. The van der Waals surface area contributed by atoms with Crippen LogP contribution in [0.25, 0.3) is 0 Å². The SMILES string of the molecule is CC(C)S(=O)(=O)CCC(=O)CC1(N)CCCCC1. The van der Waals surface area contributed by atoms with E-state index in [1.807, 2.05) is 0 Å². The van der Waals surface area contributed by atoms with Crippen molar-refractivity contribution >= 4 is 15.6 Å². The minimum absolute atomic E-state index is 0.0105. The lowest BCUT2D eigenvalue weighted by Gasteiger charge is -2.32. The van der Waals surface area contributed by atoms with Crippen LogP contribution in [-0.2, 0) is 14.6 Å². The highest BCUT2D eigenvalue weighted by molar-refractivity contribution is 7.91. The summed E-state index contributed by atoms with van der Waals surface area (Å²) < 4.78 is 23.2. The Kier molecular flexibility index (Phi) is 5.34. The molecule has 0 heterocycles. The van der Waals surface area contributed by atoms with Crippen molar-refractivity contribution in [3.8, 4) is 0 Å². The Balaban J connectivity index is 2.42. The zero-order valence-electron chi connectivity index (χ0n) is 11.4. The Morgan fingerprint density at radius 2 is 1.78 bits per heavy atom. The third-order valence-corrected chi connectivity index (χ3v) is 5.99. The molecule has 1 saturated carbocycles. The highest BCUT2D eigenvalue weighted by Gasteiger charge is 2.30. The molecule has 18 heavy (non-hydrogen) atoms. The quantitative estimate of drug-likeness (QED) is 0.802. The normalized spacial score (nSPS) is 20.0. The molecule has 0 aliphatic heterocycles. The number of nitrogens with two attached hydrogens (primary N) is 1. The summed E-state index contributed by atoms with van der Waals surface area (Å²) in [5.41, 5.74) is 5.81. The molecule has 0 saturated heterocycles. The minimum Gasteiger partial charge on any atom is -0.325 e. The molecular weight excluding hydrogens is 250 g/mol. The molecule has 1 aliphatic rings. The van der Waals surface area contributed by atoms with Crippen molar-refractivity contribution in [3.63, 3.8) is 0 Å². The second kappa shape index (κ2) is 6.15. The topological polar surface area (TPSA) is 77.2 Å². The van der Waals surface area contributed by atoms with Crippen LogP contribution in [0.3, 0.4) is 0 Å². The summed E-state index contributed by atoms with van der Waals surface area (Å²) in [5, 5.41) is -0.410. The molecule has 1 fully saturated rings. The van der Waals surface area contributed by atoms with Crippen LogP contribution in [0, 0.1) is 0 Å². The summed E-state index contributed by atoms with van der Waals surface area (Å²) in [4.78, 5) is 11.8. The van der Waals surface area contributed by atoms with Crippen LogP contribution >= 0.6 is 0 Å². The standard InChI is InChI=1S/C13H25NO3S/c1-11(2)18(16,17)9-6-12(15)10-13(14)7-4-3-5-8-13/h11H,3-10,14H2,1-2H3. The van der Waals surface area contributed by atoms with Gasteiger partial charge in [-0.15, -0.1) is 0 Å². The smallest absolute Gasteiger partial charge is 0.153 e. The second-order valence-electron chi connectivity index (χ2n) is 5.80. The average molecular weight is 275 g/mol. The van der Waals surface area contributed by atoms with Crippen molar-refractivity contribution in [2.45, 2.75) is 69.6 Å². The summed E-state index contributed by atoms with van der Waals surface area (Å²) in [7, 11) is -3.12. The molecule has 1 rings (SSSR count). The maximum absolute atomic E-state index is 11.8.